The second-order valence-corrected chi connectivity index (χ2v) is 3.59. The molecule has 0 spiro atoms. The highest BCUT2D eigenvalue weighted by atomic mass is 15.1. The molecule has 0 saturated carbocycles. The number of hydrogen-bond donors (Lipinski definition) is 2. The average molecular weight is 219 g/mol. The van der Waals surface area contributed by atoms with E-state index in [-0.39, 0.29) is 5.82 Å². The molecular formula is C11H17N5. The van der Waals surface area contributed by atoms with Gasteiger partial charge in [-0.1, -0.05) is 26.2 Å². The van der Waals surface area contributed by atoms with Crippen molar-refractivity contribution in [2.45, 2.75) is 32.6 Å². The fraction of sp³-hybridized carbons (Fsp3) is 0.545. The summed E-state index contributed by atoms with van der Waals surface area (Å²) >= 11 is 0. The lowest BCUT2D eigenvalue weighted by atomic mass is 10.2. The molecule has 0 aliphatic carbocycles. The van der Waals surface area contributed by atoms with Crippen LogP contribution in [0.5, 0.6) is 0 Å². The van der Waals surface area contributed by atoms with Crippen LogP contribution in [0.4, 0.5) is 11.8 Å². The normalized spacial score (nSPS) is 9.75. The SMILES string of the molecule is CCCCCCNc1ncc(C#N)c(N)n1. The third-order valence-electron chi connectivity index (χ3n) is 2.25. The van der Waals surface area contributed by atoms with Crippen LogP contribution in [-0.2, 0) is 0 Å². The van der Waals surface area contributed by atoms with Crippen LogP contribution in [0.1, 0.15) is 38.2 Å². The van der Waals surface area contributed by atoms with Crippen LogP contribution in [0, 0.1) is 11.3 Å². The highest BCUT2D eigenvalue weighted by Gasteiger charge is 2.02. The van der Waals surface area contributed by atoms with Gasteiger partial charge in [0.15, 0.2) is 0 Å². The summed E-state index contributed by atoms with van der Waals surface area (Å²) in [5.74, 6) is 0.724. The minimum absolute atomic E-state index is 0.230. The van der Waals surface area contributed by atoms with Gasteiger partial charge < -0.3 is 11.1 Å². The van der Waals surface area contributed by atoms with Crippen LogP contribution in [-0.4, -0.2) is 16.5 Å². The lowest BCUT2D eigenvalue weighted by molar-refractivity contribution is 0.683. The van der Waals surface area contributed by atoms with Crippen molar-refractivity contribution in [1.82, 2.24) is 9.97 Å². The Morgan fingerprint density at radius 1 is 1.44 bits per heavy atom. The van der Waals surface area contributed by atoms with E-state index in [0.29, 0.717) is 11.5 Å². The van der Waals surface area contributed by atoms with Gasteiger partial charge in [0.1, 0.15) is 17.5 Å². The van der Waals surface area contributed by atoms with Crippen LogP contribution in [0.3, 0.4) is 0 Å². The molecule has 0 amide bonds. The molecule has 1 aromatic rings. The van der Waals surface area contributed by atoms with Gasteiger partial charge in [-0.15, -0.1) is 0 Å². The predicted molar refractivity (Wildman–Crippen MR) is 63.8 cm³/mol. The van der Waals surface area contributed by atoms with Crippen molar-refractivity contribution in [3.05, 3.63) is 11.8 Å². The zero-order valence-corrected chi connectivity index (χ0v) is 9.53. The third-order valence-corrected chi connectivity index (χ3v) is 2.25. The molecule has 5 heteroatoms. The molecule has 0 atom stereocenters. The van der Waals surface area contributed by atoms with E-state index < -0.39 is 0 Å². The Labute approximate surface area is 95.7 Å². The number of unbranched alkanes of at least 4 members (excludes halogenated alkanes) is 3. The van der Waals surface area contributed by atoms with Crippen molar-refractivity contribution in [2.75, 3.05) is 17.6 Å². The van der Waals surface area contributed by atoms with Gasteiger partial charge >= 0.3 is 0 Å². The molecule has 0 aliphatic rings. The molecule has 0 aromatic carbocycles. The number of anilines is 2. The Morgan fingerprint density at radius 3 is 2.88 bits per heavy atom. The first-order valence-electron chi connectivity index (χ1n) is 5.54. The molecule has 0 bridgehead atoms. The van der Waals surface area contributed by atoms with E-state index in [9.17, 15) is 0 Å². The predicted octanol–water partition coefficient (Wildman–Crippen LogP) is 1.92. The minimum Gasteiger partial charge on any atom is -0.382 e. The molecule has 1 heterocycles. The second-order valence-electron chi connectivity index (χ2n) is 3.59. The Hall–Kier alpha value is -1.83. The maximum Gasteiger partial charge on any atom is 0.224 e. The lowest BCUT2D eigenvalue weighted by Crippen LogP contribution is -2.07. The Balaban J connectivity index is 2.38. The molecule has 16 heavy (non-hydrogen) atoms. The Bertz CT molecular complexity index is 369. The summed E-state index contributed by atoms with van der Waals surface area (Å²) in [4.78, 5) is 8.00. The zero-order valence-electron chi connectivity index (χ0n) is 9.53. The van der Waals surface area contributed by atoms with Gasteiger partial charge in [-0.25, -0.2) is 4.98 Å². The largest absolute Gasteiger partial charge is 0.382 e. The summed E-state index contributed by atoms with van der Waals surface area (Å²) < 4.78 is 0. The fourth-order valence-electron chi connectivity index (χ4n) is 1.32. The highest BCUT2D eigenvalue weighted by Crippen LogP contribution is 2.08. The highest BCUT2D eigenvalue weighted by molar-refractivity contribution is 5.49. The summed E-state index contributed by atoms with van der Waals surface area (Å²) in [5.41, 5.74) is 5.89. The lowest BCUT2D eigenvalue weighted by Gasteiger charge is -2.05. The van der Waals surface area contributed by atoms with Crippen LogP contribution >= 0.6 is 0 Å². The van der Waals surface area contributed by atoms with Crippen molar-refractivity contribution < 1.29 is 0 Å². The molecule has 0 unspecified atom stereocenters. The Morgan fingerprint density at radius 2 is 2.25 bits per heavy atom. The standard InChI is InChI=1S/C11H17N5/c1-2-3-4-5-6-14-11-15-8-9(7-12)10(13)16-11/h8H,2-6H2,1H3,(H3,13,14,15,16). The average Bonchev–Trinajstić information content (AvgIpc) is 2.29. The van der Waals surface area contributed by atoms with E-state index in [0.717, 1.165) is 13.0 Å². The number of nitrogens with one attached hydrogen (secondary N) is 1. The number of nitrogens with zero attached hydrogens (tertiary/aromatic N) is 3. The number of hydrogen-bond acceptors (Lipinski definition) is 5. The number of nitrogen functional groups attached to an aromatic ring is 1. The monoisotopic (exact) mass is 219 g/mol. The minimum atomic E-state index is 0.230. The van der Waals surface area contributed by atoms with Crippen LogP contribution < -0.4 is 11.1 Å². The van der Waals surface area contributed by atoms with Crippen LogP contribution in [0.25, 0.3) is 0 Å². The van der Waals surface area contributed by atoms with Gasteiger partial charge in [0.05, 0.1) is 6.20 Å². The molecule has 86 valence electrons. The molecular weight excluding hydrogens is 202 g/mol. The van der Waals surface area contributed by atoms with Gasteiger partial charge in [0, 0.05) is 6.54 Å². The van der Waals surface area contributed by atoms with Crippen molar-refractivity contribution in [3.8, 4) is 6.07 Å². The van der Waals surface area contributed by atoms with E-state index in [1.807, 2.05) is 6.07 Å². The van der Waals surface area contributed by atoms with Crippen molar-refractivity contribution in [3.63, 3.8) is 0 Å². The van der Waals surface area contributed by atoms with E-state index in [1.54, 1.807) is 0 Å². The quantitative estimate of drug-likeness (QED) is 0.714. The van der Waals surface area contributed by atoms with Gasteiger partial charge in [0.25, 0.3) is 0 Å². The third kappa shape index (κ3) is 3.73. The van der Waals surface area contributed by atoms with E-state index >= 15 is 0 Å². The molecule has 1 aromatic heterocycles. The summed E-state index contributed by atoms with van der Waals surface area (Å²) in [7, 11) is 0. The summed E-state index contributed by atoms with van der Waals surface area (Å²) in [6.45, 7) is 3.02. The smallest absolute Gasteiger partial charge is 0.224 e. The summed E-state index contributed by atoms with van der Waals surface area (Å²) in [6.07, 6.45) is 6.21. The number of nitrogens with two attached hydrogens (primary N) is 1. The summed E-state index contributed by atoms with van der Waals surface area (Å²) in [5, 5.41) is 11.7. The molecule has 5 nitrogen and oxygen atoms in total. The van der Waals surface area contributed by atoms with Gasteiger partial charge in [-0.05, 0) is 6.42 Å². The Kier molecular flexibility index (Phi) is 5.06. The van der Waals surface area contributed by atoms with Crippen LogP contribution in [0.2, 0.25) is 0 Å². The maximum absolute atomic E-state index is 8.65. The number of rotatable bonds is 6. The van der Waals surface area contributed by atoms with Crippen molar-refractivity contribution in [2.24, 2.45) is 0 Å². The maximum atomic E-state index is 8.65. The zero-order chi connectivity index (χ0) is 11.8. The van der Waals surface area contributed by atoms with Crippen LogP contribution in [0.15, 0.2) is 6.20 Å². The van der Waals surface area contributed by atoms with E-state index in [1.165, 1.54) is 25.5 Å². The first-order chi connectivity index (χ1) is 7.77. The molecule has 0 saturated heterocycles. The van der Waals surface area contributed by atoms with Crippen molar-refractivity contribution >= 4 is 11.8 Å². The molecule has 1 rings (SSSR count). The van der Waals surface area contributed by atoms with E-state index in [4.69, 9.17) is 11.0 Å². The molecule has 3 N–H and O–H groups in total. The number of aromatic nitrogens is 2. The van der Waals surface area contributed by atoms with Gasteiger partial charge in [0.2, 0.25) is 5.95 Å². The van der Waals surface area contributed by atoms with Crippen molar-refractivity contribution in [1.29, 1.82) is 5.26 Å². The molecule has 0 fully saturated rings. The first kappa shape index (κ1) is 12.2. The molecule has 0 aliphatic heterocycles. The molecule has 0 radical (unpaired) electrons. The number of nitriles is 1. The topological polar surface area (TPSA) is 87.6 Å². The van der Waals surface area contributed by atoms with Gasteiger partial charge in [-0.3, -0.25) is 0 Å². The summed E-state index contributed by atoms with van der Waals surface area (Å²) in [6, 6.07) is 1.93. The van der Waals surface area contributed by atoms with Gasteiger partial charge in [-0.2, -0.15) is 10.2 Å². The first-order valence-corrected chi connectivity index (χ1v) is 5.54. The fourth-order valence-corrected chi connectivity index (χ4v) is 1.32. The second kappa shape index (κ2) is 6.62. The van der Waals surface area contributed by atoms with E-state index in [2.05, 4.69) is 22.2 Å².